The average molecular weight is 220 g/mol. The first-order valence-electron chi connectivity index (χ1n) is 6.80. The third-order valence-corrected chi connectivity index (χ3v) is 5.05. The molecule has 4 saturated carbocycles. The highest BCUT2D eigenvalue weighted by molar-refractivity contribution is 5.79. The van der Waals surface area contributed by atoms with Crippen molar-refractivity contribution in [3.8, 4) is 0 Å². The molecule has 4 bridgehead atoms. The molecule has 0 atom stereocenters. The van der Waals surface area contributed by atoms with Gasteiger partial charge < -0.3 is 4.90 Å². The van der Waals surface area contributed by atoms with Crippen molar-refractivity contribution in [3.05, 3.63) is 0 Å². The molecule has 0 aromatic carbocycles. The van der Waals surface area contributed by atoms with Crippen molar-refractivity contribution in [1.82, 2.24) is 4.90 Å². The molecule has 4 aliphatic carbocycles. The lowest BCUT2D eigenvalue weighted by atomic mass is 9.53. The van der Waals surface area contributed by atoms with E-state index >= 15 is 0 Å². The Labute approximate surface area is 99.1 Å². The van der Waals surface area contributed by atoms with Gasteiger partial charge in [0.15, 0.2) is 0 Å². The number of aliphatic imine (C=N–C) groups is 1. The Morgan fingerprint density at radius 2 is 1.44 bits per heavy atom. The van der Waals surface area contributed by atoms with E-state index in [-0.39, 0.29) is 0 Å². The molecule has 4 fully saturated rings. The third-order valence-electron chi connectivity index (χ3n) is 5.05. The summed E-state index contributed by atoms with van der Waals surface area (Å²) < 4.78 is 0. The molecule has 0 heterocycles. The van der Waals surface area contributed by atoms with E-state index < -0.39 is 0 Å². The molecule has 0 unspecified atom stereocenters. The fourth-order valence-electron chi connectivity index (χ4n) is 4.65. The molecule has 0 aromatic rings. The van der Waals surface area contributed by atoms with Gasteiger partial charge in [0.25, 0.3) is 0 Å². The second-order valence-corrected chi connectivity index (χ2v) is 6.70. The Morgan fingerprint density at radius 3 is 1.81 bits per heavy atom. The highest BCUT2D eigenvalue weighted by atomic mass is 15.1. The van der Waals surface area contributed by atoms with Crippen LogP contribution in [0.1, 0.15) is 45.4 Å². The molecular weight excluding hydrogens is 196 g/mol. The van der Waals surface area contributed by atoms with Gasteiger partial charge in [-0.3, -0.25) is 4.99 Å². The van der Waals surface area contributed by atoms with Crippen LogP contribution >= 0.6 is 0 Å². The van der Waals surface area contributed by atoms with Gasteiger partial charge in [-0.2, -0.15) is 0 Å². The summed E-state index contributed by atoms with van der Waals surface area (Å²) in [7, 11) is 4.22. The lowest BCUT2D eigenvalue weighted by molar-refractivity contribution is 0.00122. The predicted molar refractivity (Wildman–Crippen MR) is 67.7 cm³/mol. The van der Waals surface area contributed by atoms with Gasteiger partial charge in [-0.05, 0) is 63.2 Å². The van der Waals surface area contributed by atoms with Gasteiger partial charge in [-0.25, -0.2) is 0 Å². The van der Waals surface area contributed by atoms with E-state index in [0.717, 1.165) is 17.8 Å². The molecule has 0 spiro atoms. The van der Waals surface area contributed by atoms with E-state index in [9.17, 15) is 0 Å². The first-order valence-corrected chi connectivity index (χ1v) is 6.80. The SMILES string of the molecule is CC(=NC12CC3CC(CC(C3)C1)C2)N(C)C. The number of hydrogen-bond donors (Lipinski definition) is 0. The van der Waals surface area contributed by atoms with Crippen LogP contribution in [0, 0.1) is 17.8 Å². The van der Waals surface area contributed by atoms with Crippen molar-refractivity contribution in [2.45, 2.75) is 51.0 Å². The maximum absolute atomic E-state index is 5.11. The van der Waals surface area contributed by atoms with Crippen LogP contribution in [0.4, 0.5) is 0 Å². The summed E-state index contributed by atoms with van der Waals surface area (Å²) in [5, 5.41) is 0. The average Bonchev–Trinajstić information content (AvgIpc) is 2.13. The summed E-state index contributed by atoms with van der Waals surface area (Å²) in [5.74, 6) is 4.24. The third kappa shape index (κ3) is 1.66. The monoisotopic (exact) mass is 220 g/mol. The predicted octanol–water partition coefficient (Wildman–Crippen LogP) is 2.94. The number of hydrogen-bond acceptors (Lipinski definition) is 1. The first-order chi connectivity index (χ1) is 7.56. The quantitative estimate of drug-likeness (QED) is 0.490. The van der Waals surface area contributed by atoms with Crippen LogP contribution in [0.3, 0.4) is 0 Å². The summed E-state index contributed by atoms with van der Waals surface area (Å²) in [6.45, 7) is 2.17. The minimum atomic E-state index is 0.350. The van der Waals surface area contributed by atoms with Crippen molar-refractivity contribution >= 4 is 5.84 Å². The second kappa shape index (κ2) is 3.48. The van der Waals surface area contributed by atoms with Gasteiger partial charge in [-0.1, -0.05) is 0 Å². The molecule has 4 rings (SSSR count). The van der Waals surface area contributed by atoms with E-state index in [1.807, 2.05) is 0 Å². The highest BCUT2D eigenvalue weighted by Crippen LogP contribution is 2.57. The smallest absolute Gasteiger partial charge is 0.0959 e. The first kappa shape index (κ1) is 10.6. The Morgan fingerprint density at radius 1 is 1.00 bits per heavy atom. The van der Waals surface area contributed by atoms with Crippen molar-refractivity contribution < 1.29 is 0 Å². The maximum atomic E-state index is 5.11. The van der Waals surface area contributed by atoms with Crippen LogP contribution in [-0.4, -0.2) is 30.4 Å². The largest absolute Gasteiger partial charge is 0.367 e. The Hall–Kier alpha value is -0.530. The topological polar surface area (TPSA) is 15.6 Å². The molecule has 90 valence electrons. The minimum Gasteiger partial charge on any atom is -0.367 e. The van der Waals surface area contributed by atoms with Crippen LogP contribution in [-0.2, 0) is 0 Å². The zero-order valence-electron chi connectivity index (χ0n) is 10.9. The van der Waals surface area contributed by atoms with Gasteiger partial charge in [0.05, 0.1) is 11.4 Å². The highest BCUT2D eigenvalue weighted by Gasteiger charge is 2.51. The van der Waals surface area contributed by atoms with E-state index in [0.29, 0.717) is 5.54 Å². The van der Waals surface area contributed by atoms with Crippen molar-refractivity contribution in [1.29, 1.82) is 0 Å². The fourth-order valence-corrected chi connectivity index (χ4v) is 4.65. The molecule has 2 nitrogen and oxygen atoms in total. The normalized spacial score (nSPS) is 46.2. The van der Waals surface area contributed by atoms with Gasteiger partial charge >= 0.3 is 0 Å². The van der Waals surface area contributed by atoms with Crippen molar-refractivity contribution in [2.24, 2.45) is 22.7 Å². The molecular formula is C14H24N2. The molecule has 0 radical (unpaired) electrons. The Balaban J connectivity index is 1.86. The Bertz CT molecular complexity index is 281. The van der Waals surface area contributed by atoms with Crippen LogP contribution in [0.2, 0.25) is 0 Å². The van der Waals surface area contributed by atoms with Gasteiger partial charge in [0.2, 0.25) is 0 Å². The minimum absolute atomic E-state index is 0.350. The van der Waals surface area contributed by atoms with E-state index in [4.69, 9.17) is 4.99 Å². The molecule has 0 N–H and O–H groups in total. The summed E-state index contributed by atoms with van der Waals surface area (Å²) in [5.41, 5.74) is 0.350. The molecule has 0 saturated heterocycles. The van der Waals surface area contributed by atoms with Crippen molar-refractivity contribution in [3.63, 3.8) is 0 Å². The standard InChI is InChI=1S/C14H24N2/c1-10(16(2)3)15-14-7-11-4-12(8-14)6-13(5-11)9-14/h11-13H,4-9H2,1-3H3. The molecule has 16 heavy (non-hydrogen) atoms. The van der Waals surface area contributed by atoms with E-state index in [1.165, 1.54) is 44.4 Å². The van der Waals surface area contributed by atoms with E-state index in [1.54, 1.807) is 0 Å². The van der Waals surface area contributed by atoms with Gasteiger partial charge in [-0.15, -0.1) is 0 Å². The summed E-state index contributed by atoms with van der Waals surface area (Å²) >= 11 is 0. The van der Waals surface area contributed by atoms with Gasteiger partial charge in [0, 0.05) is 14.1 Å². The summed E-state index contributed by atoms with van der Waals surface area (Å²) in [6, 6.07) is 0. The lowest BCUT2D eigenvalue weighted by Gasteiger charge is -2.55. The van der Waals surface area contributed by atoms with Crippen LogP contribution < -0.4 is 0 Å². The zero-order valence-corrected chi connectivity index (χ0v) is 10.9. The molecule has 2 heteroatoms. The van der Waals surface area contributed by atoms with Crippen LogP contribution in [0.15, 0.2) is 4.99 Å². The number of rotatable bonds is 1. The molecule has 0 aliphatic heterocycles. The van der Waals surface area contributed by atoms with E-state index in [2.05, 4.69) is 25.9 Å². The zero-order chi connectivity index (χ0) is 11.3. The maximum Gasteiger partial charge on any atom is 0.0959 e. The molecule has 0 amide bonds. The second-order valence-electron chi connectivity index (χ2n) is 6.70. The molecule has 4 aliphatic rings. The number of nitrogens with zero attached hydrogens (tertiary/aromatic N) is 2. The Kier molecular flexibility index (Phi) is 2.31. The lowest BCUT2D eigenvalue weighted by Crippen LogP contribution is -2.50. The number of amidine groups is 1. The van der Waals surface area contributed by atoms with Gasteiger partial charge in [0.1, 0.15) is 0 Å². The van der Waals surface area contributed by atoms with Crippen LogP contribution in [0.25, 0.3) is 0 Å². The van der Waals surface area contributed by atoms with Crippen LogP contribution in [0.5, 0.6) is 0 Å². The van der Waals surface area contributed by atoms with Crippen molar-refractivity contribution in [2.75, 3.05) is 14.1 Å². The fraction of sp³-hybridized carbons (Fsp3) is 0.929. The summed E-state index contributed by atoms with van der Waals surface area (Å²) in [4.78, 5) is 7.28. The molecule has 0 aromatic heterocycles. The summed E-state index contributed by atoms with van der Waals surface area (Å²) in [6.07, 6.45) is 8.67.